The quantitative estimate of drug-likeness (QED) is 0.538. The van der Waals surface area contributed by atoms with Crippen molar-refractivity contribution in [3.63, 3.8) is 0 Å². The first-order valence-electron chi connectivity index (χ1n) is 12.1. The number of rotatable bonds is 8. The van der Waals surface area contributed by atoms with Crippen LogP contribution in [0.15, 0.2) is 54.6 Å². The van der Waals surface area contributed by atoms with Crippen LogP contribution >= 0.6 is 0 Å². The Balaban J connectivity index is 1.48. The van der Waals surface area contributed by atoms with Gasteiger partial charge in [0.25, 0.3) is 5.91 Å². The molecule has 1 aromatic heterocycles. The van der Waals surface area contributed by atoms with E-state index in [1.165, 1.54) is 0 Å². The van der Waals surface area contributed by atoms with Gasteiger partial charge >= 0.3 is 0 Å². The van der Waals surface area contributed by atoms with Gasteiger partial charge in [0.05, 0.1) is 16.8 Å². The summed E-state index contributed by atoms with van der Waals surface area (Å²) >= 11 is 0. The summed E-state index contributed by atoms with van der Waals surface area (Å²) in [4.78, 5) is 34.5. The number of hydrogen-bond acceptors (Lipinski definition) is 5. The van der Waals surface area contributed by atoms with Crippen LogP contribution in [0.25, 0.3) is 22.2 Å². The Kier molecular flexibility index (Phi) is 7.87. The molecular weight excluding hydrogens is 426 g/mol. The summed E-state index contributed by atoms with van der Waals surface area (Å²) in [5.41, 5.74) is 3.77. The van der Waals surface area contributed by atoms with Gasteiger partial charge in [0.2, 0.25) is 5.91 Å². The maximum Gasteiger partial charge on any atom is 0.252 e. The molecule has 2 aromatic carbocycles. The largest absolute Gasteiger partial charge is 0.351 e. The van der Waals surface area contributed by atoms with Gasteiger partial charge in [-0.2, -0.15) is 0 Å². The summed E-state index contributed by atoms with van der Waals surface area (Å²) in [5, 5.41) is 6.81. The number of hydrogen-bond donors (Lipinski definition) is 2. The molecule has 34 heavy (non-hydrogen) atoms. The molecule has 0 spiro atoms. The Morgan fingerprint density at radius 3 is 2.35 bits per heavy atom. The van der Waals surface area contributed by atoms with Crippen LogP contribution in [0.2, 0.25) is 0 Å². The normalized spacial score (nSPS) is 14.8. The summed E-state index contributed by atoms with van der Waals surface area (Å²) in [6, 6.07) is 17.1. The maximum absolute atomic E-state index is 13.2. The van der Waals surface area contributed by atoms with E-state index in [2.05, 4.69) is 27.4 Å². The number of aromatic nitrogens is 1. The average Bonchev–Trinajstić information content (AvgIpc) is 2.88. The van der Waals surface area contributed by atoms with Crippen LogP contribution in [0.5, 0.6) is 0 Å². The number of piperazine rings is 1. The maximum atomic E-state index is 13.2. The van der Waals surface area contributed by atoms with Crippen molar-refractivity contribution in [2.24, 2.45) is 0 Å². The first-order chi connectivity index (χ1) is 16.6. The second kappa shape index (κ2) is 11.2. The van der Waals surface area contributed by atoms with Crippen molar-refractivity contribution in [2.45, 2.75) is 20.3 Å². The highest BCUT2D eigenvalue weighted by atomic mass is 16.2. The molecule has 4 rings (SSSR count). The van der Waals surface area contributed by atoms with Crippen molar-refractivity contribution in [3.05, 3.63) is 60.2 Å². The Bertz CT molecular complexity index is 1140. The fourth-order valence-corrected chi connectivity index (χ4v) is 4.24. The van der Waals surface area contributed by atoms with Gasteiger partial charge in [0, 0.05) is 62.3 Å². The number of nitrogens with one attached hydrogen (secondary N) is 2. The lowest BCUT2D eigenvalue weighted by molar-refractivity contribution is -0.115. The minimum Gasteiger partial charge on any atom is -0.351 e. The van der Waals surface area contributed by atoms with Crippen LogP contribution in [0.3, 0.4) is 0 Å². The lowest BCUT2D eigenvalue weighted by Crippen LogP contribution is -2.48. The van der Waals surface area contributed by atoms with E-state index in [4.69, 9.17) is 4.98 Å². The zero-order valence-corrected chi connectivity index (χ0v) is 20.0. The number of benzene rings is 2. The van der Waals surface area contributed by atoms with Crippen LogP contribution in [-0.4, -0.2) is 72.4 Å². The highest BCUT2D eigenvalue weighted by molar-refractivity contribution is 6.07. The molecule has 2 heterocycles. The number of carbonyl (C=O) groups excluding carboxylic acids is 2. The molecule has 2 amide bonds. The molecule has 0 radical (unpaired) electrons. The van der Waals surface area contributed by atoms with Crippen LogP contribution < -0.4 is 10.6 Å². The van der Waals surface area contributed by atoms with Gasteiger partial charge in [-0.25, -0.2) is 4.98 Å². The molecule has 1 aliphatic heterocycles. The van der Waals surface area contributed by atoms with Crippen molar-refractivity contribution in [1.82, 2.24) is 20.1 Å². The van der Waals surface area contributed by atoms with Gasteiger partial charge < -0.3 is 15.5 Å². The van der Waals surface area contributed by atoms with Crippen LogP contribution in [0.1, 0.15) is 30.6 Å². The average molecular weight is 460 g/mol. The lowest BCUT2D eigenvalue weighted by Gasteiger charge is -2.33. The molecule has 0 atom stereocenters. The van der Waals surface area contributed by atoms with Gasteiger partial charge in [-0.1, -0.05) is 44.2 Å². The smallest absolute Gasteiger partial charge is 0.252 e. The molecular formula is C27H33N5O2. The number of fused-ring (bicyclic) bond motifs is 1. The van der Waals surface area contributed by atoms with Gasteiger partial charge in [0.15, 0.2) is 0 Å². The van der Waals surface area contributed by atoms with E-state index in [1.54, 1.807) is 0 Å². The second-order valence-corrected chi connectivity index (χ2v) is 8.58. The Morgan fingerprint density at radius 2 is 1.65 bits per heavy atom. The predicted octanol–water partition coefficient (Wildman–Crippen LogP) is 3.62. The van der Waals surface area contributed by atoms with Crippen molar-refractivity contribution in [3.8, 4) is 11.3 Å². The van der Waals surface area contributed by atoms with E-state index in [0.717, 1.165) is 67.1 Å². The molecule has 7 nitrogen and oxygen atoms in total. The van der Waals surface area contributed by atoms with E-state index >= 15 is 0 Å². The third-order valence-electron chi connectivity index (χ3n) is 6.37. The predicted molar refractivity (Wildman–Crippen MR) is 137 cm³/mol. The van der Waals surface area contributed by atoms with E-state index in [-0.39, 0.29) is 11.8 Å². The zero-order chi connectivity index (χ0) is 23.9. The van der Waals surface area contributed by atoms with E-state index in [1.807, 2.05) is 61.5 Å². The number of carbonyl (C=O) groups is 2. The fraction of sp³-hybridized carbons (Fsp3) is 0.370. The number of amides is 2. The highest BCUT2D eigenvalue weighted by Gasteiger charge is 2.17. The van der Waals surface area contributed by atoms with Gasteiger partial charge in [0.1, 0.15) is 0 Å². The van der Waals surface area contributed by atoms with Crippen LogP contribution in [0, 0.1) is 0 Å². The third-order valence-corrected chi connectivity index (χ3v) is 6.37. The summed E-state index contributed by atoms with van der Waals surface area (Å²) in [6.45, 7) is 10.8. The summed E-state index contributed by atoms with van der Waals surface area (Å²) in [5.74, 6) is -0.110. The molecule has 178 valence electrons. The van der Waals surface area contributed by atoms with Crippen LogP contribution in [-0.2, 0) is 4.79 Å². The molecule has 2 N–H and O–H groups in total. The van der Waals surface area contributed by atoms with Gasteiger partial charge in [-0.15, -0.1) is 0 Å². The number of nitrogens with zero attached hydrogens (tertiary/aromatic N) is 3. The van der Waals surface area contributed by atoms with E-state index in [9.17, 15) is 9.59 Å². The molecule has 3 aromatic rings. The first kappa shape index (κ1) is 23.9. The minimum atomic E-state index is -0.0844. The Morgan fingerprint density at radius 1 is 0.941 bits per heavy atom. The molecule has 0 unspecified atom stereocenters. The molecule has 0 bridgehead atoms. The number of likely N-dealkylation sites (N-methyl/N-ethyl adjacent to an activating group) is 1. The molecule has 0 saturated carbocycles. The second-order valence-electron chi connectivity index (χ2n) is 8.58. The number of anilines is 1. The first-order valence-corrected chi connectivity index (χ1v) is 12.1. The summed E-state index contributed by atoms with van der Waals surface area (Å²) in [7, 11) is 0. The zero-order valence-electron chi connectivity index (χ0n) is 20.0. The standard InChI is InChI=1S/C27H33N5O2/c1-3-26(33)29-21-11-9-20(10-12-21)25-19-23(22-7-5-6-8-24(22)30-25)27(34)28-13-14-32-17-15-31(4-2)16-18-32/h5-12,19H,3-4,13-18H2,1-2H3,(H,28,34)(H,29,33). The fourth-order valence-electron chi connectivity index (χ4n) is 4.24. The van der Waals surface area contributed by atoms with Crippen molar-refractivity contribution < 1.29 is 9.59 Å². The molecule has 1 fully saturated rings. The topological polar surface area (TPSA) is 77.6 Å². The molecule has 7 heteroatoms. The summed E-state index contributed by atoms with van der Waals surface area (Å²) < 4.78 is 0. The highest BCUT2D eigenvalue weighted by Crippen LogP contribution is 2.26. The molecule has 1 saturated heterocycles. The third kappa shape index (κ3) is 5.79. The Hall–Kier alpha value is -3.29. The summed E-state index contributed by atoms with van der Waals surface area (Å²) in [6.07, 6.45) is 0.432. The molecule has 1 aliphatic rings. The van der Waals surface area contributed by atoms with Crippen molar-refractivity contribution in [1.29, 1.82) is 0 Å². The minimum absolute atomic E-state index is 0.0252. The monoisotopic (exact) mass is 459 g/mol. The van der Waals surface area contributed by atoms with Crippen molar-refractivity contribution >= 4 is 28.4 Å². The number of para-hydroxylation sites is 1. The van der Waals surface area contributed by atoms with E-state index < -0.39 is 0 Å². The Labute approximate surface area is 201 Å². The SMILES string of the molecule is CCC(=O)Nc1ccc(-c2cc(C(=O)NCCN3CCN(CC)CC3)c3ccccc3n2)cc1. The van der Waals surface area contributed by atoms with E-state index in [0.29, 0.717) is 18.5 Å². The lowest BCUT2D eigenvalue weighted by atomic mass is 10.0. The van der Waals surface area contributed by atoms with Gasteiger partial charge in [-0.3, -0.25) is 14.5 Å². The molecule has 0 aliphatic carbocycles. The van der Waals surface area contributed by atoms with Crippen LogP contribution in [0.4, 0.5) is 5.69 Å². The number of pyridine rings is 1. The van der Waals surface area contributed by atoms with Gasteiger partial charge in [-0.05, 0) is 30.8 Å². The van der Waals surface area contributed by atoms with Crippen molar-refractivity contribution in [2.75, 3.05) is 51.1 Å².